The molecule has 4 heteroatoms. The monoisotopic (exact) mass is 316 g/mol. The van der Waals surface area contributed by atoms with Gasteiger partial charge in [0.2, 0.25) is 0 Å². The lowest BCUT2D eigenvalue weighted by atomic mass is 9.90. The van der Waals surface area contributed by atoms with E-state index in [1.165, 1.54) is 19.4 Å². The first-order valence-electron chi connectivity index (χ1n) is 8.13. The van der Waals surface area contributed by atoms with E-state index < -0.39 is 0 Å². The maximum Gasteiger partial charge on any atom is 0.303 e. The van der Waals surface area contributed by atoms with Crippen LogP contribution >= 0.6 is 0 Å². The molecule has 0 N–H and O–H groups in total. The predicted octanol–water partition coefficient (Wildman–Crippen LogP) is 3.59. The molecule has 4 nitrogen and oxygen atoms in total. The second-order valence-corrected chi connectivity index (χ2v) is 5.90. The summed E-state index contributed by atoms with van der Waals surface area (Å²) in [7, 11) is 0. The van der Waals surface area contributed by atoms with Crippen LogP contribution in [0.5, 0.6) is 0 Å². The summed E-state index contributed by atoms with van der Waals surface area (Å²) < 4.78 is 10.7. The fraction of sp³-hybridized carbons (Fsp3) is 0.474. The highest BCUT2D eigenvalue weighted by molar-refractivity contribution is 5.67. The van der Waals surface area contributed by atoms with Gasteiger partial charge in [-0.1, -0.05) is 30.3 Å². The van der Waals surface area contributed by atoms with Gasteiger partial charge in [-0.2, -0.15) is 0 Å². The van der Waals surface area contributed by atoms with Crippen molar-refractivity contribution in [1.82, 2.24) is 0 Å². The molecule has 0 bridgehead atoms. The normalized spacial score (nSPS) is 20.5. The standard InChI is InChI=1S/C19H24O4/c1-14(20)22-18-11-12-19(23-15(2)21)17(13-18)10-6-9-16-7-4-3-5-8-16/h3-5,7-8,13,18-19H,6,9-12H2,1-2H3/t18-,19+/m0/s1. The maximum atomic E-state index is 11.3. The second kappa shape index (κ2) is 8.51. The summed E-state index contributed by atoms with van der Waals surface area (Å²) in [5.74, 6) is -0.546. The van der Waals surface area contributed by atoms with Crippen LogP contribution in [-0.2, 0) is 25.5 Å². The van der Waals surface area contributed by atoms with E-state index in [1.54, 1.807) is 0 Å². The molecule has 2 rings (SSSR count). The predicted molar refractivity (Wildman–Crippen MR) is 87.8 cm³/mol. The first kappa shape index (κ1) is 17.3. The molecule has 0 saturated heterocycles. The van der Waals surface area contributed by atoms with Crippen LogP contribution < -0.4 is 0 Å². The van der Waals surface area contributed by atoms with Crippen LogP contribution in [-0.4, -0.2) is 24.1 Å². The topological polar surface area (TPSA) is 52.6 Å². The number of carbonyl (C=O) groups is 2. The Morgan fingerprint density at radius 3 is 2.35 bits per heavy atom. The van der Waals surface area contributed by atoms with Crippen LogP contribution in [0.4, 0.5) is 0 Å². The molecule has 23 heavy (non-hydrogen) atoms. The van der Waals surface area contributed by atoms with E-state index in [4.69, 9.17) is 9.47 Å². The van der Waals surface area contributed by atoms with Crippen LogP contribution in [0.15, 0.2) is 42.0 Å². The van der Waals surface area contributed by atoms with Crippen molar-refractivity contribution in [2.75, 3.05) is 0 Å². The van der Waals surface area contributed by atoms with Gasteiger partial charge in [0.1, 0.15) is 12.2 Å². The van der Waals surface area contributed by atoms with Gasteiger partial charge in [-0.05, 0) is 49.3 Å². The summed E-state index contributed by atoms with van der Waals surface area (Å²) in [6.45, 7) is 2.85. The van der Waals surface area contributed by atoms with Crippen molar-refractivity contribution >= 4 is 11.9 Å². The minimum absolute atomic E-state index is 0.185. The summed E-state index contributed by atoms with van der Waals surface area (Å²) in [6, 6.07) is 10.3. The third-order valence-corrected chi connectivity index (χ3v) is 3.93. The van der Waals surface area contributed by atoms with Gasteiger partial charge in [-0.3, -0.25) is 9.59 Å². The van der Waals surface area contributed by atoms with Crippen molar-refractivity contribution in [3.05, 3.63) is 47.5 Å². The smallest absolute Gasteiger partial charge is 0.303 e. The summed E-state index contributed by atoms with van der Waals surface area (Å²) in [4.78, 5) is 22.4. The van der Waals surface area contributed by atoms with Crippen LogP contribution in [0.3, 0.4) is 0 Å². The van der Waals surface area contributed by atoms with Crippen molar-refractivity contribution < 1.29 is 19.1 Å². The first-order valence-corrected chi connectivity index (χ1v) is 8.13. The Hall–Kier alpha value is -2.10. The quantitative estimate of drug-likeness (QED) is 0.594. The first-order chi connectivity index (χ1) is 11.0. The fourth-order valence-electron chi connectivity index (χ4n) is 2.96. The maximum absolute atomic E-state index is 11.3. The Kier molecular flexibility index (Phi) is 6.39. The SMILES string of the molecule is CC(=O)O[C@@H]1C=C(CCCc2ccccc2)[C@H](OC(C)=O)CC1. The molecule has 1 aromatic rings. The Morgan fingerprint density at radius 1 is 1.00 bits per heavy atom. The summed E-state index contributed by atoms with van der Waals surface area (Å²) in [5, 5.41) is 0. The fourth-order valence-corrected chi connectivity index (χ4v) is 2.96. The highest BCUT2D eigenvalue weighted by Gasteiger charge is 2.26. The number of esters is 2. The van der Waals surface area contributed by atoms with Crippen molar-refractivity contribution in [1.29, 1.82) is 0 Å². The van der Waals surface area contributed by atoms with Crippen molar-refractivity contribution in [2.45, 2.75) is 58.2 Å². The molecule has 2 atom stereocenters. The Bertz CT molecular complexity index is 562. The molecule has 1 aromatic carbocycles. The van der Waals surface area contributed by atoms with Gasteiger partial charge in [-0.25, -0.2) is 0 Å². The molecular formula is C19H24O4. The summed E-state index contributed by atoms with van der Waals surface area (Å²) in [5.41, 5.74) is 2.36. The lowest BCUT2D eigenvalue weighted by molar-refractivity contribution is -0.149. The number of rotatable bonds is 6. The molecule has 0 saturated carbocycles. The largest absolute Gasteiger partial charge is 0.458 e. The van der Waals surface area contributed by atoms with E-state index >= 15 is 0 Å². The van der Waals surface area contributed by atoms with Crippen molar-refractivity contribution in [2.24, 2.45) is 0 Å². The molecule has 0 heterocycles. The third-order valence-electron chi connectivity index (χ3n) is 3.93. The minimum Gasteiger partial charge on any atom is -0.458 e. The average molecular weight is 316 g/mol. The van der Waals surface area contributed by atoms with Crippen LogP contribution in [0.2, 0.25) is 0 Å². The van der Waals surface area contributed by atoms with Crippen LogP contribution in [0, 0.1) is 0 Å². The van der Waals surface area contributed by atoms with Crippen LogP contribution in [0.1, 0.15) is 45.1 Å². The molecule has 0 aliphatic heterocycles. The van der Waals surface area contributed by atoms with Gasteiger partial charge in [0.25, 0.3) is 0 Å². The van der Waals surface area contributed by atoms with Gasteiger partial charge >= 0.3 is 11.9 Å². The zero-order valence-electron chi connectivity index (χ0n) is 13.8. The molecule has 0 unspecified atom stereocenters. The lowest BCUT2D eigenvalue weighted by Crippen LogP contribution is -2.28. The molecule has 124 valence electrons. The Morgan fingerprint density at radius 2 is 1.70 bits per heavy atom. The minimum atomic E-state index is -0.277. The summed E-state index contributed by atoms with van der Waals surface area (Å²) in [6.07, 6.45) is 5.76. The number of hydrogen-bond acceptors (Lipinski definition) is 4. The van der Waals surface area contributed by atoms with E-state index in [1.807, 2.05) is 24.3 Å². The van der Waals surface area contributed by atoms with Gasteiger partial charge in [0.05, 0.1) is 0 Å². The number of benzene rings is 1. The zero-order chi connectivity index (χ0) is 16.7. The van der Waals surface area contributed by atoms with Crippen LogP contribution in [0.25, 0.3) is 0 Å². The Labute approximate surface area is 137 Å². The molecule has 0 aromatic heterocycles. The van der Waals surface area contributed by atoms with Gasteiger partial charge in [-0.15, -0.1) is 0 Å². The van der Waals surface area contributed by atoms with E-state index in [0.717, 1.165) is 24.8 Å². The molecule has 1 aliphatic rings. The molecule has 0 spiro atoms. The number of hydrogen-bond donors (Lipinski definition) is 0. The third kappa shape index (κ3) is 5.89. The van der Waals surface area contributed by atoms with Crippen molar-refractivity contribution in [3.8, 4) is 0 Å². The zero-order valence-corrected chi connectivity index (χ0v) is 13.8. The summed E-state index contributed by atoms with van der Waals surface area (Å²) >= 11 is 0. The number of ether oxygens (including phenoxy) is 2. The van der Waals surface area contributed by atoms with Crippen molar-refractivity contribution in [3.63, 3.8) is 0 Å². The molecule has 0 fully saturated rings. The molecular weight excluding hydrogens is 292 g/mol. The van der Waals surface area contributed by atoms with E-state index in [2.05, 4.69) is 12.1 Å². The van der Waals surface area contributed by atoms with E-state index in [9.17, 15) is 9.59 Å². The van der Waals surface area contributed by atoms with Gasteiger partial charge in [0, 0.05) is 13.8 Å². The highest BCUT2D eigenvalue weighted by atomic mass is 16.5. The highest BCUT2D eigenvalue weighted by Crippen LogP contribution is 2.27. The van der Waals surface area contributed by atoms with E-state index in [0.29, 0.717) is 12.8 Å². The van der Waals surface area contributed by atoms with Gasteiger partial charge in [0.15, 0.2) is 0 Å². The molecule has 0 amide bonds. The van der Waals surface area contributed by atoms with E-state index in [-0.39, 0.29) is 24.1 Å². The average Bonchev–Trinajstić information content (AvgIpc) is 2.50. The van der Waals surface area contributed by atoms with Gasteiger partial charge < -0.3 is 9.47 Å². The lowest BCUT2D eigenvalue weighted by Gasteiger charge is -2.28. The number of carbonyl (C=O) groups excluding carboxylic acids is 2. The molecule has 0 radical (unpaired) electrons. The Balaban J connectivity index is 1.97. The second-order valence-electron chi connectivity index (χ2n) is 5.90. The molecule has 1 aliphatic carbocycles. The number of aryl methyl sites for hydroxylation is 1.